The van der Waals surface area contributed by atoms with Crippen LogP contribution in [0.25, 0.3) is 5.76 Å². The monoisotopic (exact) mass is 226 g/mol. The molecule has 0 saturated carbocycles. The van der Waals surface area contributed by atoms with Gasteiger partial charge >= 0.3 is 29.6 Å². The van der Waals surface area contributed by atoms with Crippen LogP contribution in [-0.4, -0.2) is 13.4 Å². The van der Waals surface area contributed by atoms with Crippen molar-refractivity contribution in [3.63, 3.8) is 0 Å². The predicted molar refractivity (Wildman–Crippen MR) is 54.3 cm³/mol. The van der Waals surface area contributed by atoms with Gasteiger partial charge in [-0.3, -0.25) is 4.79 Å². The average molecular weight is 226 g/mol. The summed E-state index contributed by atoms with van der Waals surface area (Å²) in [5, 5.41) is 11.8. The van der Waals surface area contributed by atoms with E-state index < -0.39 is 0 Å². The molecule has 0 spiro atoms. The van der Waals surface area contributed by atoms with Gasteiger partial charge in [0.05, 0.1) is 7.11 Å². The Morgan fingerprint density at radius 2 is 2.12 bits per heavy atom. The maximum absolute atomic E-state index is 11.8. The van der Waals surface area contributed by atoms with Crippen molar-refractivity contribution in [2.24, 2.45) is 0 Å². The van der Waals surface area contributed by atoms with Crippen molar-refractivity contribution in [2.45, 2.75) is 12.8 Å². The van der Waals surface area contributed by atoms with E-state index >= 15 is 0 Å². The van der Waals surface area contributed by atoms with E-state index in [2.05, 4.69) is 0 Å². The third kappa shape index (κ3) is 2.32. The molecule has 2 rings (SSSR count). The van der Waals surface area contributed by atoms with Crippen LogP contribution in [0.2, 0.25) is 0 Å². The first-order chi connectivity index (χ1) is 7.26. The molecule has 0 bridgehead atoms. The maximum Gasteiger partial charge on any atom is 1.00 e. The second-order valence-corrected chi connectivity index (χ2v) is 3.50. The molecular weight excluding hydrogens is 215 g/mol. The van der Waals surface area contributed by atoms with Crippen LogP contribution in [0.1, 0.15) is 17.5 Å². The van der Waals surface area contributed by atoms with Crippen molar-refractivity contribution < 1.29 is 44.2 Å². The van der Waals surface area contributed by atoms with Gasteiger partial charge in [-0.1, -0.05) is 11.8 Å². The van der Waals surface area contributed by atoms with Crippen molar-refractivity contribution in [3.05, 3.63) is 34.9 Å². The van der Waals surface area contributed by atoms with E-state index in [4.69, 9.17) is 4.74 Å². The first-order valence-electron chi connectivity index (χ1n) is 4.79. The number of methoxy groups -OCH3 is 1. The molecule has 0 amide bonds. The molecule has 0 unspecified atom stereocenters. The SMILES string of the molecule is COc1ccc2c(c1)C([O-])=C(C=O)CC2.[Na+]. The molecule has 1 aliphatic rings. The molecule has 1 aromatic rings. The van der Waals surface area contributed by atoms with Gasteiger partial charge in [0.2, 0.25) is 0 Å². The zero-order valence-electron chi connectivity index (χ0n) is 9.45. The van der Waals surface area contributed by atoms with E-state index in [0.29, 0.717) is 29.6 Å². The van der Waals surface area contributed by atoms with Gasteiger partial charge in [-0.2, -0.15) is 0 Å². The van der Waals surface area contributed by atoms with Crippen LogP contribution in [-0.2, 0) is 11.2 Å². The summed E-state index contributed by atoms with van der Waals surface area (Å²) in [5.41, 5.74) is 1.95. The minimum atomic E-state index is -0.162. The fourth-order valence-corrected chi connectivity index (χ4v) is 1.78. The number of carbonyl (C=O) groups is 1. The summed E-state index contributed by atoms with van der Waals surface area (Å²) >= 11 is 0. The van der Waals surface area contributed by atoms with Crippen LogP contribution in [0.3, 0.4) is 0 Å². The van der Waals surface area contributed by atoms with Crippen LogP contribution < -0.4 is 39.4 Å². The Morgan fingerprint density at radius 3 is 2.75 bits per heavy atom. The first kappa shape index (κ1) is 13.3. The van der Waals surface area contributed by atoms with Gasteiger partial charge in [-0.15, -0.1) is 0 Å². The Balaban J connectivity index is 0.00000128. The summed E-state index contributed by atoms with van der Waals surface area (Å²) in [4.78, 5) is 10.6. The summed E-state index contributed by atoms with van der Waals surface area (Å²) in [7, 11) is 1.55. The van der Waals surface area contributed by atoms with Gasteiger partial charge < -0.3 is 9.84 Å². The Labute approximate surface area is 116 Å². The zero-order chi connectivity index (χ0) is 10.8. The number of benzene rings is 1. The number of allylic oxidation sites excluding steroid dienone is 1. The number of aryl methyl sites for hydroxylation is 1. The molecule has 0 fully saturated rings. The molecule has 0 atom stereocenters. The Morgan fingerprint density at radius 1 is 1.38 bits per heavy atom. The number of aldehydes is 1. The van der Waals surface area contributed by atoms with Gasteiger partial charge in [0.15, 0.2) is 0 Å². The smallest absolute Gasteiger partial charge is 0.872 e. The van der Waals surface area contributed by atoms with E-state index in [1.165, 1.54) is 0 Å². The standard InChI is InChI=1S/C12H12O3.Na/c1-15-10-5-4-8-2-3-9(7-13)12(14)11(8)6-10;/h4-7,14H,2-3H2,1H3;/q;+1/p-1. The first-order valence-corrected chi connectivity index (χ1v) is 4.79. The minimum Gasteiger partial charge on any atom is -0.872 e. The third-order valence-electron chi connectivity index (χ3n) is 2.66. The number of hydrogen-bond acceptors (Lipinski definition) is 3. The van der Waals surface area contributed by atoms with E-state index in [1.54, 1.807) is 13.2 Å². The number of rotatable bonds is 2. The van der Waals surface area contributed by atoms with Crippen LogP contribution >= 0.6 is 0 Å². The molecule has 16 heavy (non-hydrogen) atoms. The third-order valence-corrected chi connectivity index (χ3v) is 2.66. The van der Waals surface area contributed by atoms with E-state index in [1.807, 2.05) is 12.1 Å². The van der Waals surface area contributed by atoms with Gasteiger partial charge in [-0.25, -0.2) is 0 Å². The molecule has 4 heteroatoms. The van der Waals surface area contributed by atoms with Gasteiger partial charge in [0.1, 0.15) is 12.0 Å². The normalized spacial score (nSPS) is 13.8. The number of hydrogen-bond donors (Lipinski definition) is 0. The van der Waals surface area contributed by atoms with E-state index in [9.17, 15) is 9.90 Å². The average Bonchev–Trinajstić information content (AvgIpc) is 2.29. The Kier molecular flexibility index (Phi) is 4.59. The summed E-state index contributed by atoms with van der Waals surface area (Å²) < 4.78 is 5.05. The molecule has 3 nitrogen and oxygen atoms in total. The van der Waals surface area contributed by atoms with E-state index in [0.717, 1.165) is 12.0 Å². The molecule has 0 heterocycles. The van der Waals surface area contributed by atoms with Crippen LogP contribution in [0.5, 0.6) is 5.75 Å². The number of fused-ring (bicyclic) bond motifs is 1. The zero-order valence-corrected chi connectivity index (χ0v) is 11.4. The summed E-state index contributed by atoms with van der Waals surface area (Å²) in [6.45, 7) is 0. The van der Waals surface area contributed by atoms with Crippen LogP contribution in [0.15, 0.2) is 23.8 Å². The topological polar surface area (TPSA) is 49.4 Å². The van der Waals surface area contributed by atoms with Crippen molar-refractivity contribution in [1.82, 2.24) is 0 Å². The minimum absolute atomic E-state index is 0. The maximum atomic E-state index is 11.8. The van der Waals surface area contributed by atoms with Crippen LogP contribution in [0.4, 0.5) is 0 Å². The molecule has 0 aliphatic heterocycles. The summed E-state index contributed by atoms with van der Waals surface area (Å²) in [6, 6.07) is 5.41. The fraction of sp³-hybridized carbons (Fsp3) is 0.250. The number of carbonyl (C=O) groups excluding carboxylic acids is 1. The van der Waals surface area contributed by atoms with Gasteiger partial charge in [0.25, 0.3) is 0 Å². The van der Waals surface area contributed by atoms with Crippen molar-refractivity contribution in [2.75, 3.05) is 7.11 Å². The molecular formula is C12H11NaO3. The van der Waals surface area contributed by atoms with E-state index in [-0.39, 0.29) is 35.3 Å². The number of ether oxygens (including phenoxy) is 1. The molecule has 78 valence electrons. The van der Waals surface area contributed by atoms with Gasteiger partial charge in [-0.05, 0) is 41.7 Å². The van der Waals surface area contributed by atoms with Gasteiger partial charge in [0, 0.05) is 0 Å². The quantitative estimate of drug-likeness (QED) is 0.429. The largest absolute Gasteiger partial charge is 1.00 e. The molecule has 0 radical (unpaired) electrons. The van der Waals surface area contributed by atoms with Crippen molar-refractivity contribution in [3.8, 4) is 5.75 Å². The molecule has 0 N–H and O–H groups in total. The molecule has 1 aromatic carbocycles. The predicted octanol–water partition coefficient (Wildman–Crippen LogP) is -2.08. The Bertz CT molecular complexity index is 438. The summed E-state index contributed by atoms with van der Waals surface area (Å²) in [5.74, 6) is 0.486. The second-order valence-electron chi connectivity index (χ2n) is 3.50. The Hall–Kier alpha value is -0.770. The summed E-state index contributed by atoms with van der Waals surface area (Å²) in [6.07, 6.45) is 1.95. The molecule has 0 saturated heterocycles. The van der Waals surface area contributed by atoms with Crippen LogP contribution in [0, 0.1) is 0 Å². The molecule has 0 aromatic heterocycles. The van der Waals surface area contributed by atoms with Crippen molar-refractivity contribution in [1.29, 1.82) is 0 Å². The second kappa shape index (κ2) is 5.53. The molecule has 1 aliphatic carbocycles. The fourth-order valence-electron chi connectivity index (χ4n) is 1.78. The van der Waals surface area contributed by atoms with Crippen molar-refractivity contribution >= 4 is 12.0 Å².